The number of ether oxygens (including phenoxy) is 1. The SMILES string of the molecule is COC(=O)c1ncc2c(Br)cccc2c1C. The molecule has 0 atom stereocenters. The van der Waals surface area contributed by atoms with Crippen LogP contribution < -0.4 is 0 Å². The van der Waals surface area contributed by atoms with Gasteiger partial charge in [-0.2, -0.15) is 0 Å². The van der Waals surface area contributed by atoms with Gasteiger partial charge in [0.15, 0.2) is 5.69 Å². The third-order valence-electron chi connectivity index (χ3n) is 2.51. The summed E-state index contributed by atoms with van der Waals surface area (Å²) < 4.78 is 5.65. The van der Waals surface area contributed by atoms with Crippen LogP contribution in [0.2, 0.25) is 0 Å². The molecule has 0 bridgehead atoms. The van der Waals surface area contributed by atoms with E-state index in [0.29, 0.717) is 5.69 Å². The fraction of sp³-hybridized carbons (Fsp3) is 0.167. The summed E-state index contributed by atoms with van der Waals surface area (Å²) in [6.07, 6.45) is 1.68. The Labute approximate surface area is 102 Å². The minimum Gasteiger partial charge on any atom is -0.464 e. The van der Waals surface area contributed by atoms with Crippen molar-refractivity contribution in [1.29, 1.82) is 0 Å². The zero-order chi connectivity index (χ0) is 11.7. The number of esters is 1. The molecule has 2 rings (SSSR count). The molecule has 0 N–H and O–H groups in total. The smallest absolute Gasteiger partial charge is 0.356 e. The molecule has 0 aliphatic carbocycles. The number of carbonyl (C=O) groups excluding carboxylic acids is 1. The number of halogens is 1. The van der Waals surface area contributed by atoms with Gasteiger partial charge in [-0.15, -0.1) is 0 Å². The Morgan fingerprint density at radius 2 is 2.12 bits per heavy atom. The van der Waals surface area contributed by atoms with Crippen LogP contribution in [0.3, 0.4) is 0 Å². The van der Waals surface area contributed by atoms with Gasteiger partial charge in [-0.1, -0.05) is 28.1 Å². The number of benzene rings is 1. The normalized spacial score (nSPS) is 10.4. The Morgan fingerprint density at radius 3 is 2.81 bits per heavy atom. The van der Waals surface area contributed by atoms with Crippen molar-refractivity contribution in [3.8, 4) is 0 Å². The van der Waals surface area contributed by atoms with Crippen LogP contribution in [0.5, 0.6) is 0 Å². The van der Waals surface area contributed by atoms with Crippen molar-refractivity contribution in [3.05, 3.63) is 40.1 Å². The van der Waals surface area contributed by atoms with Gasteiger partial charge in [-0.05, 0) is 23.9 Å². The highest BCUT2D eigenvalue weighted by Crippen LogP contribution is 2.26. The summed E-state index contributed by atoms with van der Waals surface area (Å²) in [5, 5.41) is 2.00. The maximum Gasteiger partial charge on any atom is 0.356 e. The predicted molar refractivity (Wildman–Crippen MR) is 65.5 cm³/mol. The van der Waals surface area contributed by atoms with Crippen LogP contribution in [-0.2, 0) is 4.74 Å². The summed E-state index contributed by atoms with van der Waals surface area (Å²) >= 11 is 3.45. The van der Waals surface area contributed by atoms with E-state index >= 15 is 0 Å². The lowest BCUT2D eigenvalue weighted by Crippen LogP contribution is -2.06. The lowest BCUT2D eigenvalue weighted by atomic mass is 10.1. The average molecular weight is 280 g/mol. The number of rotatable bonds is 1. The minimum atomic E-state index is -0.403. The third-order valence-corrected chi connectivity index (χ3v) is 3.21. The van der Waals surface area contributed by atoms with Crippen LogP contribution >= 0.6 is 15.9 Å². The molecule has 0 aliphatic rings. The lowest BCUT2D eigenvalue weighted by Gasteiger charge is -2.07. The number of aromatic nitrogens is 1. The van der Waals surface area contributed by atoms with Crippen molar-refractivity contribution >= 4 is 32.7 Å². The molecule has 0 spiro atoms. The average Bonchev–Trinajstić information content (AvgIpc) is 2.30. The second-order valence-corrected chi connectivity index (χ2v) is 4.28. The predicted octanol–water partition coefficient (Wildman–Crippen LogP) is 3.09. The third kappa shape index (κ3) is 1.69. The van der Waals surface area contributed by atoms with Gasteiger partial charge in [0.1, 0.15) is 0 Å². The summed E-state index contributed by atoms with van der Waals surface area (Å²) in [5.74, 6) is -0.403. The van der Waals surface area contributed by atoms with Crippen molar-refractivity contribution in [1.82, 2.24) is 4.98 Å². The van der Waals surface area contributed by atoms with E-state index in [1.54, 1.807) is 6.20 Å². The summed E-state index contributed by atoms with van der Waals surface area (Å²) in [7, 11) is 1.36. The van der Waals surface area contributed by atoms with Gasteiger partial charge in [0.05, 0.1) is 7.11 Å². The van der Waals surface area contributed by atoms with Crippen LogP contribution in [0.1, 0.15) is 16.1 Å². The highest BCUT2D eigenvalue weighted by molar-refractivity contribution is 9.10. The number of pyridine rings is 1. The fourth-order valence-electron chi connectivity index (χ4n) is 1.65. The first-order chi connectivity index (χ1) is 7.65. The monoisotopic (exact) mass is 279 g/mol. The first-order valence-corrected chi connectivity index (χ1v) is 5.56. The molecule has 0 saturated heterocycles. The van der Waals surface area contributed by atoms with E-state index < -0.39 is 5.97 Å². The summed E-state index contributed by atoms with van der Waals surface area (Å²) in [6, 6.07) is 5.84. The van der Waals surface area contributed by atoms with E-state index in [1.165, 1.54) is 7.11 Å². The lowest BCUT2D eigenvalue weighted by molar-refractivity contribution is 0.0593. The Hall–Kier alpha value is -1.42. The fourth-order valence-corrected chi connectivity index (χ4v) is 2.12. The quantitative estimate of drug-likeness (QED) is 0.753. The molecular weight excluding hydrogens is 270 g/mol. The molecule has 4 heteroatoms. The van der Waals surface area contributed by atoms with Gasteiger partial charge in [0.2, 0.25) is 0 Å². The Kier molecular flexibility index (Phi) is 2.92. The van der Waals surface area contributed by atoms with Gasteiger partial charge < -0.3 is 4.74 Å². The van der Waals surface area contributed by atoms with Crippen molar-refractivity contribution < 1.29 is 9.53 Å². The number of methoxy groups -OCH3 is 1. The number of nitrogens with zero attached hydrogens (tertiary/aromatic N) is 1. The molecule has 1 aromatic heterocycles. The number of hydrogen-bond donors (Lipinski definition) is 0. The first-order valence-electron chi connectivity index (χ1n) is 4.77. The highest BCUT2D eigenvalue weighted by atomic mass is 79.9. The summed E-state index contributed by atoms with van der Waals surface area (Å²) in [4.78, 5) is 15.6. The van der Waals surface area contributed by atoms with Crippen LogP contribution in [0.4, 0.5) is 0 Å². The molecule has 82 valence electrons. The van der Waals surface area contributed by atoms with E-state index in [2.05, 4.69) is 25.7 Å². The van der Waals surface area contributed by atoms with E-state index in [9.17, 15) is 4.79 Å². The van der Waals surface area contributed by atoms with Gasteiger partial charge in [-0.25, -0.2) is 9.78 Å². The van der Waals surface area contributed by atoms with Crippen molar-refractivity contribution in [3.63, 3.8) is 0 Å². The zero-order valence-electron chi connectivity index (χ0n) is 8.95. The molecule has 0 saturated carbocycles. The van der Waals surface area contributed by atoms with Gasteiger partial charge in [0.25, 0.3) is 0 Å². The molecule has 3 nitrogen and oxygen atoms in total. The molecule has 0 aliphatic heterocycles. The molecule has 0 radical (unpaired) electrons. The number of hydrogen-bond acceptors (Lipinski definition) is 3. The van der Waals surface area contributed by atoms with E-state index in [1.807, 2.05) is 25.1 Å². The summed E-state index contributed by atoms with van der Waals surface area (Å²) in [5.41, 5.74) is 1.21. The maximum absolute atomic E-state index is 11.5. The van der Waals surface area contributed by atoms with Gasteiger partial charge in [0, 0.05) is 16.1 Å². The van der Waals surface area contributed by atoms with E-state index in [0.717, 1.165) is 20.8 Å². The van der Waals surface area contributed by atoms with Crippen LogP contribution in [0.25, 0.3) is 10.8 Å². The number of carbonyl (C=O) groups is 1. The first kappa shape index (κ1) is 11.1. The maximum atomic E-state index is 11.5. The second kappa shape index (κ2) is 4.22. The Bertz CT molecular complexity index is 566. The van der Waals surface area contributed by atoms with Gasteiger partial charge in [-0.3, -0.25) is 0 Å². The van der Waals surface area contributed by atoms with Crippen molar-refractivity contribution in [2.75, 3.05) is 7.11 Å². The molecule has 0 fully saturated rings. The van der Waals surface area contributed by atoms with Gasteiger partial charge >= 0.3 is 5.97 Å². The van der Waals surface area contributed by atoms with Crippen LogP contribution in [0, 0.1) is 6.92 Å². The number of aryl methyl sites for hydroxylation is 1. The van der Waals surface area contributed by atoms with E-state index in [4.69, 9.17) is 0 Å². The topological polar surface area (TPSA) is 39.2 Å². The Balaban J connectivity index is 2.75. The molecule has 1 heterocycles. The molecule has 16 heavy (non-hydrogen) atoms. The van der Waals surface area contributed by atoms with Crippen molar-refractivity contribution in [2.45, 2.75) is 6.92 Å². The standard InChI is InChI=1S/C12H10BrNO2/c1-7-8-4-3-5-10(13)9(8)6-14-11(7)12(15)16-2/h3-6H,1-2H3. The molecular formula is C12H10BrNO2. The molecule has 0 unspecified atom stereocenters. The highest BCUT2D eigenvalue weighted by Gasteiger charge is 2.13. The zero-order valence-corrected chi connectivity index (χ0v) is 10.5. The minimum absolute atomic E-state index is 0.369. The van der Waals surface area contributed by atoms with Crippen LogP contribution in [0.15, 0.2) is 28.9 Å². The number of fused-ring (bicyclic) bond motifs is 1. The summed E-state index contributed by atoms with van der Waals surface area (Å²) in [6.45, 7) is 1.87. The Morgan fingerprint density at radius 1 is 1.38 bits per heavy atom. The molecule has 2 aromatic rings. The van der Waals surface area contributed by atoms with Crippen molar-refractivity contribution in [2.24, 2.45) is 0 Å². The molecule has 1 aromatic carbocycles. The molecule has 0 amide bonds. The van der Waals surface area contributed by atoms with Crippen LogP contribution in [-0.4, -0.2) is 18.1 Å². The largest absolute Gasteiger partial charge is 0.464 e. The van der Waals surface area contributed by atoms with E-state index in [-0.39, 0.29) is 0 Å². The second-order valence-electron chi connectivity index (χ2n) is 3.42.